The minimum atomic E-state index is 0.519. The maximum absolute atomic E-state index is 6.27. The smallest absolute Gasteiger partial charge is 0.131 e. The number of hydrogen-bond donors (Lipinski definition) is 1. The molecule has 0 aromatic carbocycles. The van der Waals surface area contributed by atoms with E-state index in [-0.39, 0.29) is 0 Å². The van der Waals surface area contributed by atoms with E-state index in [2.05, 4.69) is 4.98 Å². The predicted molar refractivity (Wildman–Crippen MR) is 85.9 cm³/mol. The van der Waals surface area contributed by atoms with Gasteiger partial charge in [-0.15, -0.1) is 0 Å². The summed E-state index contributed by atoms with van der Waals surface area (Å²) in [6, 6.07) is 5.97. The number of hydrogen-bond acceptors (Lipinski definition) is 3. The van der Waals surface area contributed by atoms with E-state index in [1.54, 1.807) is 4.68 Å². The molecule has 4 nitrogen and oxygen atoms in total. The number of anilines is 1. The normalized spacial score (nSPS) is 17.4. The van der Waals surface area contributed by atoms with Gasteiger partial charge in [0.2, 0.25) is 0 Å². The Balaban J connectivity index is 1.99. The highest BCUT2D eigenvalue weighted by Gasteiger charge is 2.24. The summed E-state index contributed by atoms with van der Waals surface area (Å²) in [5.41, 5.74) is 9.41. The molecule has 0 radical (unpaired) electrons. The van der Waals surface area contributed by atoms with Crippen LogP contribution in [0.25, 0.3) is 11.3 Å². The first-order valence-electron chi connectivity index (χ1n) is 8.01. The van der Waals surface area contributed by atoms with E-state index in [0.717, 1.165) is 22.8 Å². The van der Waals surface area contributed by atoms with Crippen LogP contribution in [0.2, 0.25) is 0 Å². The molecule has 0 spiro atoms. The second-order valence-electron chi connectivity index (χ2n) is 6.03. The van der Waals surface area contributed by atoms with Crippen LogP contribution in [0.1, 0.15) is 56.6 Å². The molecule has 2 aromatic heterocycles. The van der Waals surface area contributed by atoms with Crippen molar-refractivity contribution in [1.29, 1.82) is 0 Å². The van der Waals surface area contributed by atoms with Gasteiger partial charge in [-0.3, -0.25) is 9.67 Å². The Labute approximate surface area is 126 Å². The highest BCUT2D eigenvalue weighted by molar-refractivity contribution is 5.74. The topological polar surface area (TPSA) is 56.7 Å². The summed E-state index contributed by atoms with van der Waals surface area (Å²) >= 11 is 0. The van der Waals surface area contributed by atoms with E-state index < -0.39 is 0 Å². The highest BCUT2D eigenvalue weighted by atomic mass is 15.3. The van der Waals surface area contributed by atoms with Gasteiger partial charge in [-0.1, -0.05) is 38.2 Å². The van der Waals surface area contributed by atoms with Crippen LogP contribution in [0.3, 0.4) is 0 Å². The van der Waals surface area contributed by atoms with Crippen LogP contribution in [-0.2, 0) is 7.05 Å². The van der Waals surface area contributed by atoms with Gasteiger partial charge >= 0.3 is 0 Å². The van der Waals surface area contributed by atoms with Crippen molar-refractivity contribution in [3.63, 3.8) is 0 Å². The summed E-state index contributed by atoms with van der Waals surface area (Å²) in [6.45, 7) is 0. The van der Waals surface area contributed by atoms with Gasteiger partial charge in [0.15, 0.2) is 0 Å². The predicted octanol–water partition coefficient (Wildman–Crippen LogP) is 3.89. The van der Waals surface area contributed by atoms with Crippen molar-refractivity contribution in [3.8, 4) is 11.3 Å². The Kier molecular flexibility index (Phi) is 4.23. The summed E-state index contributed by atoms with van der Waals surface area (Å²) < 4.78 is 1.80. The van der Waals surface area contributed by atoms with Gasteiger partial charge in [0.05, 0.1) is 17.0 Å². The maximum Gasteiger partial charge on any atom is 0.131 e. The largest absolute Gasteiger partial charge is 0.383 e. The Hall–Kier alpha value is -1.84. The highest BCUT2D eigenvalue weighted by Crippen LogP contribution is 2.38. The number of nitrogens with zero attached hydrogens (tertiary/aromatic N) is 3. The minimum Gasteiger partial charge on any atom is -0.383 e. The Bertz CT molecular complexity index is 580. The third-order valence-corrected chi connectivity index (χ3v) is 4.53. The maximum atomic E-state index is 6.27. The monoisotopic (exact) mass is 284 g/mol. The van der Waals surface area contributed by atoms with Crippen LogP contribution in [-0.4, -0.2) is 14.8 Å². The molecule has 0 bridgehead atoms. The van der Waals surface area contributed by atoms with E-state index in [1.807, 2.05) is 31.4 Å². The van der Waals surface area contributed by atoms with Gasteiger partial charge in [-0.25, -0.2) is 0 Å². The molecule has 0 amide bonds. The first-order valence-corrected chi connectivity index (χ1v) is 8.01. The number of rotatable bonds is 2. The van der Waals surface area contributed by atoms with Crippen LogP contribution in [0.4, 0.5) is 5.82 Å². The molecule has 2 N–H and O–H groups in total. The molecule has 1 aliphatic carbocycles. The molecule has 1 fully saturated rings. The van der Waals surface area contributed by atoms with Gasteiger partial charge < -0.3 is 5.73 Å². The molecule has 0 atom stereocenters. The zero-order valence-corrected chi connectivity index (χ0v) is 12.8. The van der Waals surface area contributed by atoms with Crippen LogP contribution >= 0.6 is 0 Å². The molecule has 4 heteroatoms. The molecule has 0 saturated heterocycles. The summed E-state index contributed by atoms with van der Waals surface area (Å²) in [7, 11) is 1.92. The molecule has 2 aromatic rings. The number of pyridine rings is 1. The second kappa shape index (κ2) is 6.29. The molecule has 21 heavy (non-hydrogen) atoms. The summed E-state index contributed by atoms with van der Waals surface area (Å²) in [5, 5.41) is 4.73. The fraction of sp³-hybridized carbons (Fsp3) is 0.529. The zero-order chi connectivity index (χ0) is 14.7. The molecule has 2 heterocycles. The summed E-state index contributed by atoms with van der Waals surface area (Å²) in [6.07, 6.45) is 10.9. The van der Waals surface area contributed by atoms with Crippen molar-refractivity contribution in [2.75, 3.05) is 5.73 Å². The molecule has 1 aliphatic rings. The van der Waals surface area contributed by atoms with Gasteiger partial charge in [0.25, 0.3) is 0 Å². The van der Waals surface area contributed by atoms with E-state index in [9.17, 15) is 0 Å². The number of nitrogens with two attached hydrogens (primary N) is 1. The van der Waals surface area contributed by atoms with Crippen molar-refractivity contribution in [3.05, 3.63) is 30.1 Å². The van der Waals surface area contributed by atoms with Crippen LogP contribution in [0.5, 0.6) is 0 Å². The fourth-order valence-electron chi connectivity index (χ4n) is 3.35. The molecule has 0 unspecified atom stereocenters. The molecule has 112 valence electrons. The lowest BCUT2D eigenvalue weighted by atomic mass is 9.87. The van der Waals surface area contributed by atoms with Crippen molar-refractivity contribution in [2.24, 2.45) is 7.05 Å². The standard InChI is InChI=1S/C17H24N4/c1-21-17(18)15(14-11-7-8-12-19-14)16(20-21)13-9-5-3-2-4-6-10-13/h7-8,11-13H,2-6,9-10,18H2,1H3. The lowest BCUT2D eigenvalue weighted by molar-refractivity contribution is 0.447. The number of aryl methyl sites for hydroxylation is 1. The number of nitrogen functional groups attached to an aromatic ring is 1. The molecule has 0 aliphatic heterocycles. The van der Waals surface area contributed by atoms with Crippen molar-refractivity contribution in [1.82, 2.24) is 14.8 Å². The second-order valence-corrected chi connectivity index (χ2v) is 6.03. The van der Waals surface area contributed by atoms with Crippen LogP contribution < -0.4 is 5.73 Å². The first-order chi connectivity index (χ1) is 10.3. The van der Waals surface area contributed by atoms with E-state index in [4.69, 9.17) is 10.8 Å². The lowest BCUT2D eigenvalue weighted by Crippen LogP contribution is -2.05. The van der Waals surface area contributed by atoms with Crippen molar-refractivity contribution < 1.29 is 0 Å². The van der Waals surface area contributed by atoms with Crippen molar-refractivity contribution >= 4 is 5.82 Å². The average Bonchev–Trinajstić information content (AvgIpc) is 2.75. The van der Waals surface area contributed by atoms with Crippen molar-refractivity contribution in [2.45, 2.75) is 50.9 Å². The molecule has 1 saturated carbocycles. The first kappa shape index (κ1) is 14.1. The third-order valence-electron chi connectivity index (χ3n) is 4.53. The zero-order valence-electron chi connectivity index (χ0n) is 12.8. The summed E-state index contributed by atoms with van der Waals surface area (Å²) in [4.78, 5) is 4.49. The summed E-state index contributed by atoms with van der Waals surface area (Å²) in [5.74, 6) is 1.25. The van der Waals surface area contributed by atoms with Gasteiger partial charge in [0, 0.05) is 19.2 Å². The van der Waals surface area contributed by atoms with E-state index in [1.165, 1.54) is 44.9 Å². The molecular formula is C17H24N4. The van der Waals surface area contributed by atoms with E-state index >= 15 is 0 Å². The minimum absolute atomic E-state index is 0.519. The van der Waals surface area contributed by atoms with Gasteiger partial charge in [-0.05, 0) is 25.0 Å². The SMILES string of the molecule is Cn1nc(C2CCCCCCC2)c(-c2ccccn2)c1N. The van der Waals surface area contributed by atoms with Gasteiger partial charge in [-0.2, -0.15) is 5.10 Å². The quantitative estimate of drug-likeness (QED) is 0.910. The number of aromatic nitrogens is 3. The Morgan fingerprint density at radius 2 is 1.81 bits per heavy atom. The Morgan fingerprint density at radius 1 is 1.10 bits per heavy atom. The average molecular weight is 284 g/mol. The fourth-order valence-corrected chi connectivity index (χ4v) is 3.35. The molecular weight excluding hydrogens is 260 g/mol. The lowest BCUT2D eigenvalue weighted by Gasteiger charge is -2.19. The van der Waals surface area contributed by atoms with E-state index in [0.29, 0.717) is 5.92 Å². The van der Waals surface area contributed by atoms with Crippen LogP contribution in [0.15, 0.2) is 24.4 Å². The Morgan fingerprint density at radius 3 is 2.48 bits per heavy atom. The molecule has 3 rings (SSSR count). The third kappa shape index (κ3) is 2.94. The van der Waals surface area contributed by atoms with Crippen LogP contribution in [0, 0.1) is 0 Å². The van der Waals surface area contributed by atoms with Gasteiger partial charge in [0.1, 0.15) is 5.82 Å².